The van der Waals surface area contributed by atoms with Crippen molar-refractivity contribution in [2.45, 2.75) is 38.3 Å². The van der Waals surface area contributed by atoms with E-state index in [4.69, 9.17) is 9.47 Å². The van der Waals surface area contributed by atoms with E-state index in [0.29, 0.717) is 19.3 Å². The van der Waals surface area contributed by atoms with E-state index in [1.807, 2.05) is 6.92 Å². The van der Waals surface area contributed by atoms with Crippen molar-refractivity contribution in [1.82, 2.24) is 4.90 Å². The molecule has 0 radical (unpaired) electrons. The van der Waals surface area contributed by atoms with Gasteiger partial charge in [0, 0.05) is 12.8 Å². The molecule has 1 aliphatic rings. The predicted octanol–water partition coefficient (Wildman–Crippen LogP) is 2.15. The highest BCUT2D eigenvalue weighted by atomic mass is 19.1. The number of nitrogens with zero attached hydrogens (tertiary/aromatic N) is 1. The molecule has 0 N–H and O–H groups in total. The number of rotatable bonds is 5. The van der Waals surface area contributed by atoms with E-state index in [1.54, 1.807) is 12.1 Å². The first-order valence-corrected chi connectivity index (χ1v) is 7.35. The van der Waals surface area contributed by atoms with Gasteiger partial charge in [-0.2, -0.15) is 0 Å². The summed E-state index contributed by atoms with van der Waals surface area (Å²) in [6.45, 7) is 2.15. The number of methoxy groups -OCH3 is 1. The SMILES string of the molecule is CCCC(=O)N1CC(Oc2ccccc2F)CC1C(=O)OC. The zero-order chi connectivity index (χ0) is 16.1. The highest BCUT2D eigenvalue weighted by Gasteiger charge is 2.41. The van der Waals surface area contributed by atoms with Gasteiger partial charge < -0.3 is 14.4 Å². The fourth-order valence-electron chi connectivity index (χ4n) is 2.60. The molecule has 0 bridgehead atoms. The molecule has 1 amide bonds. The number of amides is 1. The van der Waals surface area contributed by atoms with Crippen molar-refractivity contribution >= 4 is 11.9 Å². The molecule has 0 saturated carbocycles. The smallest absolute Gasteiger partial charge is 0.328 e. The van der Waals surface area contributed by atoms with E-state index < -0.39 is 23.9 Å². The average molecular weight is 309 g/mol. The quantitative estimate of drug-likeness (QED) is 0.782. The maximum absolute atomic E-state index is 13.6. The summed E-state index contributed by atoms with van der Waals surface area (Å²) in [5.41, 5.74) is 0. The van der Waals surface area contributed by atoms with Gasteiger partial charge in [0.1, 0.15) is 12.1 Å². The lowest BCUT2D eigenvalue weighted by molar-refractivity contribution is -0.150. The summed E-state index contributed by atoms with van der Waals surface area (Å²) in [6.07, 6.45) is 0.931. The number of para-hydroxylation sites is 1. The molecule has 0 aromatic heterocycles. The van der Waals surface area contributed by atoms with E-state index in [9.17, 15) is 14.0 Å². The average Bonchev–Trinajstić information content (AvgIpc) is 2.93. The van der Waals surface area contributed by atoms with Gasteiger partial charge in [0.05, 0.1) is 13.7 Å². The Balaban J connectivity index is 2.10. The second-order valence-corrected chi connectivity index (χ2v) is 5.24. The van der Waals surface area contributed by atoms with E-state index in [1.165, 1.54) is 24.1 Å². The summed E-state index contributed by atoms with van der Waals surface area (Å²) >= 11 is 0. The van der Waals surface area contributed by atoms with Crippen molar-refractivity contribution in [3.8, 4) is 5.75 Å². The van der Waals surface area contributed by atoms with Gasteiger partial charge >= 0.3 is 5.97 Å². The summed E-state index contributed by atoms with van der Waals surface area (Å²) in [7, 11) is 1.29. The van der Waals surface area contributed by atoms with Crippen LogP contribution >= 0.6 is 0 Å². The van der Waals surface area contributed by atoms with Gasteiger partial charge in [0.2, 0.25) is 5.91 Å². The molecule has 1 heterocycles. The second-order valence-electron chi connectivity index (χ2n) is 5.24. The van der Waals surface area contributed by atoms with E-state index in [2.05, 4.69) is 0 Å². The standard InChI is InChI=1S/C16H20FNO4/c1-3-6-15(19)18-10-11(9-13(18)16(20)21-2)22-14-8-5-4-7-12(14)17/h4-5,7-8,11,13H,3,6,9-10H2,1-2H3. The maximum Gasteiger partial charge on any atom is 0.328 e. The Morgan fingerprint density at radius 1 is 1.36 bits per heavy atom. The number of hydrogen-bond acceptors (Lipinski definition) is 4. The number of carbonyl (C=O) groups is 2. The lowest BCUT2D eigenvalue weighted by Gasteiger charge is -2.22. The molecule has 0 aliphatic carbocycles. The van der Waals surface area contributed by atoms with Crippen molar-refractivity contribution in [3.63, 3.8) is 0 Å². The first-order chi connectivity index (χ1) is 10.6. The van der Waals surface area contributed by atoms with Gasteiger partial charge in [-0.1, -0.05) is 19.1 Å². The van der Waals surface area contributed by atoms with Crippen LogP contribution < -0.4 is 4.74 Å². The number of ether oxygens (including phenoxy) is 2. The molecular weight excluding hydrogens is 289 g/mol. The lowest BCUT2D eigenvalue weighted by Crippen LogP contribution is -2.41. The van der Waals surface area contributed by atoms with Crippen molar-refractivity contribution in [1.29, 1.82) is 0 Å². The van der Waals surface area contributed by atoms with Crippen LogP contribution in [0.2, 0.25) is 0 Å². The van der Waals surface area contributed by atoms with Crippen molar-refractivity contribution < 1.29 is 23.5 Å². The third-order valence-electron chi connectivity index (χ3n) is 3.65. The largest absolute Gasteiger partial charge is 0.485 e. The molecule has 1 fully saturated rings. The van der Waals surface area contributed by atoms with Crippen LogP contribution in [0.25, 0.3) is 0 Å². The molecule has 5 nitrogen and oxygen atoms in total. The molecule has 0 spiro atoms. The van der Waals surface area contributed by atoms with Crippen LogP contribution in [-0.2, 0) is 14.3 Å². The van der Waals surface area contributed by atoms with Gasteiger partial charge in [-0.05, 0) is 18.6 Å². The highest BCUT2D eigenvalue weighted by molar-refractivity contribution is 5.85. The molecule has 2 rings (SSSR count). The van der Waals surface area contributed by atoms with Gasteiger partial charge in [-0.15, -0.1) is 0 Å². The van der Waals surface area contributed by atoms with Gasteiger partial charge in [-0.25, -0.2) is 9.18 Å². The van der Waals surface area contributed by atoms with Crippen molar-refractivity contribution in [2.75, 3.05) is 13.7 Å². The van der Waals surface area contributed by atoms with Gasteiger partial charge in [0.15, 0.2) is 11.6 Å². The monoisotopic (exact) mass is 309 g/mol. The molecule has 1 aromatic carbocycles. The number of hydrogen-bond donors (Lipinski definition) is 0. The molecule has 2 atom stereocenters. The maximum atomic E-state index is 13.6. The fourth-order valence-corrected chi connectivity index (χ4v) is 2.60. The first-order valence-electron chi connectivity index (χ1n) is 7.35. The van der Waals surface area contributed by atoms with E-state index in [0.717, 1.165) is 0 Å². The number of esters is 1. The van der Waals surface area contributed by atoms with Crippen LogP contribution in [0.1, 0.15) is 26.2 Å². The van der Waals surface area contributed by atoms with Crippen LogP contribution in [0.3, 0.4) is 0 Å². The Kier molecular flexibility index (Phi) is 5.35. The van der Waals surface area contributed by atoms with E-state index in [-0.39, 0.29) is 18.2 Å². The Morgan fingerprint density at radius 3 is 2.73 bits per heavy atom. The zero-order valence-electron chi connectivity index (χ0n) is 12.8. The van der Waals surface area contributed by atoms with Crippen LogP contribution in [0.5, 0.6) is 5.75 Å². The van der Waals surface area contributed by atoms with Gasteiger partial charge in [0.25, 0.3) is 0 Å². The molecule has 2 unspecified atom stereocenters. The Morgan fingerprint density at radius 2 is 2.09 bits per heavy atom. The van der Waals surface area contributed by atoms with Crippen molar-refractivity contribution in [3.05, 3.63) is 30.1 Å². The molecular formula is C16H20FNO4. The summed E-state index contributed by atoms with van der Waals surface area (Å²) in [5, 5.41) is 0. The molecule has 22 heavy (non-hydrogen) atoms. The van der Waals surface area contributed by atoms with Crippen molar-refractivity contribution in [2.24, 2.45) is 0 Å². The zero-order valence-corrected chi connectivity index (χ0v) is 12.8. The molecule has 1 aliphatic heterocycles. The second kappa shape index (κ2) is 7.24. The number of halogens is 1. The normalized spacial score (nSPS) is 20.8. The Bertz CT molecular complexity index is 549. The van der Waals surface area contributed by atoms with Gasteiger partial charge in [-0.3, -0.25) is 4.79 Å². The molecule has 1 saturated heterocycles. The van der Waals surface area contributed by atoms with Crippen LogP contribution in [0.15, 0.2) is 24.3 Å². The predicted molar refractivity (Wildman–Crippen MR) is 77.9 cm³/mol. The lowest BCUT2D eigenvalue weighted by atomic mass is 10.2. The minimum atomic E-state index is -0.666. The molecule has 6 heteroatoms. The molecule has 1 aromatic rings. The Hall–Kier alpha value is -2.11. The van der Waals surface area contributed by atoms with E-state index >= 15 is 0 Å². The van der Waals surface area contributed by atoms with Crippen LogP contribution in [-0.4, -0.2) is 42.6 Å². The highest BCUT2D eigenvalue weighted by Crippen LogP contribution is 2.26. The minimum absolute atomic E-state index is 0.113. The summed E-state index contributed by atoms with van der Waals surface area (Å²) in [5.74, 6) is -0.919. The third-order valence-corrected chi connectivity index (χ3v) is 3.65. The first kappa shape index (κ1) is 16.3. The number of benzene rings is 1. The van der Waals surface area contributed by atoms with Crippen LogP contribution in [0.4, 0.5) is 4.39 Å². The summed E-state index contributed by atoms with van der Waals surface area (Å²) in [4.78, 5) is 25.5. The molecule has 120 valence electrons. The fraction of sp³-hybridized carbons (Fsp3) is 0.500. The van der Waals surface area contributed by atoms with Crippen LogP contribution in [0, 0.1) is 5.82 Å². The summed E-state index contributed by atoms with van der Waals surface area (Å²) in [6, 6.07) is 5.41. The summed E-state index contributed by atoms with van der Waals surface area (Å²) < 4.78 is 24.0. The number of carbonyl (C=O) groups excluding carboxylic acids is 2. The topological polar surface area (TPSA) is 55.8 Å². The number of likely N-dealkylation sites (tertiary alicyclic amines) is 1. The Labute approximate surface area is 129 Å². The minimum Gasteiger partial charge on any atom is -0.485 e. The third kappa shape index (κ3) is 3.55.